The smallest absolute Gasteiger partial charge is 0.357 e. The molecule has 0 aliphatic carbocycles. The molecule has 10 nitrogen and oxygen atoms in total. The van der Waals surface area contributed by atoms with E-state index in [1.807, 2.05) is 22.6 Å². The fourth-order valence-corrected chi connectivity index (χ4v) is 7.00. The lowest BCUT2D eigenvalue weighted by molar-refractivity contribution is -0.138. The molecule has 0 spiro atoms. The number of rotatable bonds is 8. The van der Waals surface area contributed by atoms with Crippen LogP contribution in [0.5, 0.6) is 0 Å². The van der Waals surface area contributed by atoms with Gasteiger partial charge in [0, 0.05) is 82.2 Å². The topological polar surface area (TPSA) is 107 Å². The molecule has 4 aromatic rings. The third-order valence-corrected chi connectivity index (χ3v) is 9.83. The summed E-state index contributed by atoms with van der Waals surface area (Å²) in [6, 6.07) is 9.41. The minimum atomic E-state index is -4.55. The van der Waals surface area contributed by atoms with E-state index in [0.29, 0.717) is 58.6 Å². The Morgan fingerprint density at radius 3 is 2.57 bits per heavy atom. The molecule has 0 radical (unpaired) electrons. The van der Waals surface area contributed by atoms with Crippen LogP contribution in [0.25, 0.3) is 11.4 Å². The Bertz CT molecular complexity index is 1930. The van der Waals surface area contributed by atoms with Gasteiger partial charge in [0.25, 0.3) is 5.91 Å². The van der Waals surface area contributed by atoms with Gasteiger partial charge in [-0.1, -0.05) is 24.8 Å². The lowest BCUT2D eigenvalue weighted by Crippen LogP contribution is -2.45. The van der Waals surface area contributed by atoms with Gasteiger partial charge in [-0.25, -0.2) is 9.97 Å². The number of hydrogen-bond acceptors (Lipinski definition) is 8. The van der Waals surface area contributed by atoms with Gasteiger partial charge in [-0.05, 0) is 42.4 Å². The van der Waals surface area contributed by atoms with Gasteiger partial charge < -0.3 is 25.4 Å². The van der Waals surface area contributed by atoms with Crippen LogP contribution in [-0.4, -0.2) is 82.5 Å². The third-order valence-electron chi connectivity index (χ3n) is 8.83. The van der Waals surface area contributed by atoms with E-state index in [9.17, 15) is 22.8 Å². The predicted octanol–water partition coefficient (Wildman–Crippen LogP) is 4.61. The largest absolute Gasteiger partial charge is 0.416 e. The summed E-state index contributed by atoms with van der Waals surface area (Å²) < 4.78 is 44.1. The maximum absolute atomic E-state index is 14.1. The van der Waals surface area contributed by atoms with Crippen molar-refractivity contribution in [2.24, 2.45) is 7.05 Å². The second-order valence-corrected chi connectivity index (χ2v) is 13.2. The molecular formula is C35H37F3N8O2S. The highest BCUT2D eigenvalue weighted by molar-refractivity contribution is 7.12. The first-order valence-electron chi connectivity index (χ1n) is 16.1. The number of carbonyl (C=O) groups excluding carboxylic acids is 2. The minimum Gasteiger partial charge on any atom is -0.357 e. The van der Waals surface area contributed by atoms with Crippen LogP contribution in [0.2, 0.25) is 0 Å². The number of halogens is 3. The predicted molar refractivity (Wildman–Crippen MR) is 183 cm³/mol. The highest BCUT2D eigenvalue weighted by atomic mass is 32.1. The van der Waals surface area contributed by atoms with Crippen molar-refractivity contribution in [1.29, 1.82) is 0 Å². The summed E-state index contributed by atoms with van der Waals surface area (Å²) in [6.45, 7) is 6.86. The number of fused-ring (bicyclic) bond motifs is 1. The second kappa shape index (κ2) is 14.4. The van der Waals surface area contributed by atoms with E-state index in [-0.39, 0.29) is 30.1 Å². The van der Waals surface area contributed by atoms with E-state index in [2.05, 4.69) is 49.6 Å². The quantitative estimate of drug-likeness (QED) is 0.232. The molecule has 1 fully saturated rings. The number of alkyl halides is 3. The fraction of sp³-hybridized carbons (Fsp3) is 0.371. The Morgan fingerprint density at radius 1 is 1.08 bits per heavy atom. The Morgan fingerprint density at radius 2 is 1.86 bits per heavy atom. The maximum atomic E-state index is 14.1. The highest BCUT2D eigenvalue weighted by Crippen LogP contribution is 2.35. The molecule has 5 heterocycles. The van der Waals surface area contributed by atoms with Crippen molar-refractivity contribution in [3.63, 3.8) is 0 Å². The van der Waals surface area contributed by atoms with Gasteiger partial charge >= 0.3 is 6.18 Å². The summed E-state index contributed by atoms with van der Waals surface area (Å²) >= 11 is 1.32. The molecule has 1 saturated heterocycles. The molecule has 2 aliphatic rings. The number of amides is 2. The van der Waals surface area contributed by atoms with E-state index in [1.54, 1.807) is 25.4 Å². The van der Waals surface area contributed by atoms with E-state index in [4.69, 9.17) is 0 Å². The van der Waals surface area contributed by atoms with Crippen LogP contribution in [0.15, 0.2) is 42.6 Å². The van der Waals surface area contributed by atoms with E-state index < -0.39 is 17.6 Å². The number of piperazine rings is 1. The second-order valence-electron chi connectivity index (χ2n) is 12.0. The number of nitrogens with one attached hydrogen (secondary N) is 3. The first-order chi connectivity index (χ1) is 23.5. The number of benzene rings is 1. The van der Waals surface area contributed by atoms with E-state index in [1.165, 1.54) is 23.5 Å². The molecule has 6 rings (SSSR count). The summed E-state index contributed by atoms with van der Waals surface area (Å²) in [6.07, 6.45) is -2.23. The monoisotopic (exact) mass is 690 g/mol. The molecule has 0 unspecified atom stereocenters. The van der Waals surface area contributed by atoms with Crippen LogP contribution in [0.4, 0.5) is 24.8 Å². The SMILES string of the molecule is CCN1CCN(Cc2ccc(NC(=O)Cc3ccc(C#Cc4cnc(NC)nc4-c4cc5c(n4C)CCNC5=O)s3)cc2C(F)(F)F)CC1. The molecule has 256 valence electrons. The number of hydrogen-bond donors (Lipinski definition) is 3. The maximum Gasteiger partial charge on any atom is 0.416 e. The molecule has 3 N–H and O–H groups in total. The number of likely N-dealkylation sites (N-methyl/N-ethyl adjacent to an activating group) is 1. The molecule has 49 heavy (non-hydrogen) atoms. The number of anilines is 2. The van der Waals surface area contributed by atoms with Crippen LogP contribution in [0.3, 0.4) is 0 Å². The number of aromatic nitrogens is 3. The Balaban J connectivity index is 1.15. The Hall–Kier alpha value is -4.71. The van der Waals surface area contributed by atoms with Gasteiger partial charge in [-0.3, -0.25) is 14.5 Å². The van der Waals surface area contributed by atoms with E-state index >= 15 is 0 Å². The summed E-state index contributed by atoms with van der Waals surface area (Å²) in [5, 5.41) is 8.45. The first-order valence-corrected chi connectivity index (χ1v) is 16.9. The van der Waals surface area contributed by atoms with Crippen LogP contribution < -0.4 is 16.0 Å². The molecule has 1 aromatic carbocycles. The zero-order valence-corrected chi connectivity index (χ0v) is 28.3. The van der Waals surface area contributed by atoms with Crippen molar-refractivity contribution in [1.82, 2.24) is 29.7 Å². The zero-order valence-electron chi connectivity index (χ0n) is 27.5. The van der Waals surface area contributed by atoms with Crippen molar-refractivity contribution >= 4 is 34.8 Å². The van der Waals surface area contributed by atoms with Gasteiger partial charge in [-0.2, -0.15) is 13.2 Å². The zero-order chi connectivity index (χ0) is 34.7. The summed E-state index contributed by atoms with van der Waals surface area (Å²) in [7, 11) is 3.62. The number of thiophene rings is 1. The molecule has 14 heteroatoms. The standard InChI is InChI=1S/C35H37F3N8O2S/c1-4-45-13-15-46(16-14-45)21-23-5-7-24(17-28(23)35(36,37)38)42-31(47)18-26-10-9-25(49-26)8-6-22-20-41-34(39-2)43-32(22)30-19-27-29(44(30)3)11-12-40-33(27)48/h5,7,9-10,17,19-20H,4,11-16,18,21H2,1-3H3,(H,40,48)(H,42,47)(H,39,41,43). The fourth-order valence-electron chi connectivity index (χ4n) is 6.14. The van der Waals surface area contributed by atoms with Crippen molar-refractivity contribution in [2.75, 3.05) is 56.9 Å². The normalized spacial score (nSPS) is 15.3. The molecule has 2 amide bonds. The van der Waals surface area contributed by atoms with Crippen LogP contribution in [-0.2, 0) is 37.4 Å². The lowest BCUT2D eigenvalue weighted by Gasteiger charge is -2.34. The average Bonchev–Trinajstić information content (AvgIpc) is 3.68. The lowest BCUT2D eigenvalue weighted by atomic mass is 10.0. The van der Waals surface area contributed by atoms with Crippen LogP contribution in [0.1, 0.15) is 49.4 Å². The summed E-state index contributed by atoms with van der Waals surface area (Å²) in [4.78, 5) is 40.1. The van der Waals surface area contributed by atoms with E-state index in [0.717, 1.165) is 37.1 Å². The first kappa shape index (κ1) is 34.2. The van der Waals surface area contributed by atoms with Crippen molar-refractivity contribution in [3.05, 3.63) is 80.3 Å². The summed E-state index contributed by atoms with van der Waals surface area (Å²) in [5.74, 6) is 6.14. The Labute approximate surface area is 286 Å². The van der Waals surface area contributed by atoms with Crippen LogP contribution >= 0.6 is 11.3 Å². The molecular weight excluding hydrogens is 654 g/mol. The van der Waals surface area contributed by atoms with Crippen molar-refractivity contribution in [3.8, 4) is 23.2 Å². The molecule has 0 bridgehead atoms. The molecule has 0 atom stereocenters. The number of carbonyl (C=O) groups is 2. The van der Waals surface area contributed by atoms with Gasteiger partial charge in [0.1, 0.15) is 5.69 Å². The highest BCUT2D eigenvalue weighted by Gasteiger charge is 2.34. The molecule has 0 saturated carbocycles. The average molecular weight is 691 g/mol. The Kier molecular flexibility index (Phi) is 10.0. The number of nitrogens with zero attached hydrogens (tertiary/aromatic N) is 5. The third kappa shape index (κ3) is 7.80. The summed E-state index contributed by atoms with van der Waals surface area (Å²) in [5.41, 5.74) is 2.99. The van der Waals surface area contributed by atoms with Crippen molar-refractivity contribution < 1.29 is 22.8 Å². The van der Waals surface area contributed by atoms with Gasteiger partial charge in [-0.15, -0.1) is 11.3 Å². The van der Waals surface area contributed by atoms with Crippen molar-refractivity contribution in [2.45, 2.75) is 32.5 Å². The van der Waals surface area contributed by atoms with Gasteiger partial charge in [0.2, 0.25) is 11.9 Å². The molecule has 2 aliphatic heterocycles. The van der Waals surface area contributed by atoms with Crippen LogP contribution in [0, 0.1) is 11.8 Å². The van der Waals surface area contributed by atoms with Gasteiger partial charge in [0.05, 0.1) is 33.7 Å². The molecule has 3 aromatic heterocycles. The van der Waals surface area contributed by atoms with Gasteiger partial charge in [0.15, 0.2) is 0 Å². The minimum absolute atomic E-state index is 0.0145.